The Labute approximate surface area is 206 Å². The van der Waals surface area contributed by atoms with E-state index in [9.17, 15) is 4.39 Å². The highest BCUT2D eigenvalue weighted by Gasteiger charge is 2.36. The zero-order valence-electron chi connectivity index (χ0n) is 21.6. The van der Waals surface area contributed by atoms with E-state index in [1.165, 1.54) is 6.42 Å². The predicted molar refractivity (Wildman–Crippen MR) is 136 cm³/mol. The molecule has 2 saturated carbocycles. The molecule has 192 valence electrons. The summed E-state index contributed by atoms with van der Waals surface area (Å²) in [6.45, 7) is 4.37. The van der Waals surface area contributed by atoms with Crippen LogP contribution in [0, 0.1) is 41.4 Å². The number of rotatable bonds is 8. The molecular weight excluding hydrogens is 429 g/mol. The van der Waals surface area contributed by atoms with Crippen molar-refractivity contribution in [1.29, 1.82) is 0 Å². The Morgan fingerprint density at radius 2 is 1.47 bits per heavy atom. The van der Waals surface area contributed by atoms with Crippen LogP contribution in [0.1, 0.15) is 117 Å². The average Bonchev–Trinajstić information content (AvgIpc) is 2.86. The lowest BCUT2D eigenvalue weighted by atomic mass is 9.70. The predicted octanol–water partition coefficient (Wildman–Crippen LogP) is 10.6. The minimum Gasteiger partial charge on any atom is -0.212 e. The third-order valence-electron chi connectivity index (χ3n) is 9.96. The first-order chi connectivity index (χ1) is 16.5. The van der Waals surface area contributed by atoms with Crippen LogP contribution in [0.2, 0.25) is 0 Å². The normalized spacial score (nSPS) is 37.4. The molecule has 3 unspecified atom stereocenters. The van der Waals surface area contributed by atoms with Gasteiger partial charge in [0.25, 0.3) is 0 Å². The summed E-state index contributed by atoms with van der Waals surface area (Å²) in [4.78, 5) is 0. The number of halogens is 3. The summed E-state index contributed by atoms with van der Waals surface area (Å²) in [5, 5.41) is 0. The highest BCUT2D eigenvalue weighted by atomic mass is 19.2. The van der Waals surface area contributed by atoms with Gasteiger partial charge in [-0.1, -0.05) is 45.6 Å². The van der Waals surface area contributed by atoms with Crippen molar-refractivity contribution in [2.24, 2.45) is 41.4 Å². The fourth-order valence-electron chi connectivity index (χ4n) is 7.56. The lowest BCUT2D eigenvalue weighted by Crippen LogP contribution is -2.26. The molecule has 0 N–H and O–H groups in total. The molecule has 4 aliphatic carbocycles. The highest BCUT2D eigenvalue weighted by molar-refractivity contribution is 5.35. The van der Waals surface area contributed by atoms with Gasteiger partial charge in [0.1, 0.15) is 5.83 Å². The van der Waals surface area contributed by atoms with Crippen molar-refractivity contribution in [2.45, 2.75) is 117 Å². The number of allylic oxidation sites excluding steroid dienone is 6. The van der Waals surface area contributed by atoms with Crippen LogP contribution >= 0.6 is 0 Å². The smallest absolute Gasteiger partial charge is 0.158 e. The van der Waals surface area contributed by atoms with Gasteiger partial charge < -0.3 is 0 Å². The van der Waals surface area contributed by atoms with Crippen molar-refractivity contribution < 1.29 is 13.2 Å². The SMILES string of the molecule is CCCC1CCC(CCC2CCC(C3CC=C(C4CCC(CC)CC4)C(F)=C3F)CC2)C=C1F. The van der Waals surface area contributed by atoms with Crippen LogP contribution in [0.15, 0.2) is 35.2 Å². The summed E-state index contributed by atoms with van der Waals surface area (Å²) < 4.78 is 44.7. The van der Waals surface area contributed by atoms with Gasteiger partial charge in [-0.15, -0.1) is 0 Å². The van der Waals surface area contributed by atoms with Gasteiger partial charge in [-0.25, -0.2) is 13.2 Å². The highest BCUT2D eigenvalue weighted by Crippen LogP contribution is 2.47. The fourth-order valence-corrected chi connectivity index (χ4v) is 7.56. The van der Waals surface area contributed by atoms with Crippen LogP contribution < -0.4 is 0 Å². The lowest BCUT2D eigenvalue weighted by molar-refractivity contribution is 0.187. The first-order valence-electron chi connectivity index (χ1n) is 14.6. The second-order valence-corrected chi connectivity index (χ2v) is 12.0. The van der Waals surface area contributed by atoms with Crippen molar-refractivity contribution in [2.75, 3.05) is 0 Å². The summed E-state index contributed by atoms with van der Waals surface area (Å²) >= 11 is 0. The molecule has 0 radical (unpaired) electrons. The molecule has 0 bridgehead atoms. The van der Waals surface area contributed by atoms with Gasteiger partial charge in [-0.05, 0) is 118 Å². The van der Waals surface area contributed by atoms with E-state index >= 15 is 8.78 Å². The Balaban J connectivity index is 1.23. The molecule has 4 aliphatic rings. The summed E-state index contributed by atoms with van der Waals surface area (Å²) in [6.07, 6.45) is 20.8. The molecule has 0 nitrogen and oxygen atoms in total. The molecule has 0 heterocycles. The van der Waals surface area contributed by atoms with Gasteiger partial charge in [-0.3, -0.25) is 0 Å². The maximum absolute atomic E-state index is 15.2. The van der Waals surface area contributed by atoms with E-state index in [0.717, 1.165) is 95.8 Å². The van der Waals surface area contributed by atoms with Gasteiger partial charge in [0.05, 0.1) is 5.83 Å². The molecule has 0 spiro atoms. The molecule has 3 heteroatoms. The minimum atomic E-state index is -0.509. The summed E-state index contributed by atoms with van der Waals surface area (Å²) in [5.74, 6) is 1.43. The van der Waals surface area contributed by atoms with Crippen LogP contribution in [-0.4, -0.2) is 0 Å². The number of hydrogen-bond donors (Lipinski definition) is 0. The monoisotopic (exact) mass is 476 g/mol. The van der Waals surface area contributed by atoms with E-state index < -0.39 is 11.7 Å². The molecule has 2 fully saturated rings. The molecule has 4 rings (SSSR count). The Kier molecular flexibility index (Phi) is 9.44. The standard InChI is InChI=1S/C31H47F3/c1-3-5-26-17-12-23(20-29(26)32)7-6-22-10-15-25(16-11-22)28-19-18-27(30(33)31(28)34)24-13-8-21(4-2)9-14-24/h18,20-26,28H,3-17,19H2,1-2H3. The summed E-state index contributed by atoms with van der Waals surface area (Å²) in [5.41, 5.74) is 0.686. The van der Waals surface area contributed by atoms with E-state index in [-0.39, 0.29) is 29.5 Å². The van der Waals surface area contributed by atoms with E-state index in [0.29, 0.717) is 23.8 Å². The van der Waals surface area contributed by atoms with Gasteiger partial charge in [0.2, 0.25) is 0 Å². The van der Waals surface area contributed by atoms with Crippen molar-refractivity contribution >= 4 is 0 Å². The second-order valence-electron chi connectivity index (χ2n) is 12.0. The number of hydrogen-bond acceptors (Lipinski definition) is 0. The molecule has 0 aromatic carbocycles. The first-order valence-corrected chi connectivity index (χ1v) is 14.6. The summed E-state index contributed by atoms with van der Waals surface area (Å²) in [6, 6.07) is 0. The maximum Gasteiger partial charge on any atom is 0.158 e. The molecule has 3 atom stereocenters. The average molecular weight is 477 g/mol. The van der Waals surface area contributed by atoms with Crippen molar-refractivity contribution in [1.82, 2.24) is 0 Å². The zero-order valence-corrected chi connectivity index (χ0v) is 21.6. The van der Waals surface area contributed by atoms with Gasteiger partial charge in [0, 0.05) is 11.8 Å². The molecule has 34 heavy (non-hydrogen) atoms. The van der Waals surface area contributed by atoms with Crippen LogP contribution in [0.25, 0.3) is 0 Å². The van der Waals surface area contributed by atoms with E-state index in [1.807, 2.05) is 6.08 Å². The Morgan fingerprint density at radius 1 is 0.765 bits per heavy atom. The Morgan fingerprint density at radius 3 is 2.12 bits per heavy atom. The molecular formula is C31H47F3. The van der Waals surface area contributed by atoms with Crippen molar-refractivity contribution in [3.05, 3.63) is 35.2 Å². The lowest BCUT2D eigenvalue weighted by Gasteiger charge is -2.36. The second kappa shape index (κ2) is 12.3. The topological polar surface area (TPSA) is 0 Å². The van der Waals surface area contributed by atoms with Crippen LogP contribution in [0.5, 0.6) is 0 Å². The van der Waals surface area contributed by atoms with Crippen LogP contribution in [0.3, 0.4) is 0 Å². The molecule has 0 amide bonds. The van der Waals surface area contributed by atoms with Crippen molar-refractivity contribution in [3.63, 3.8) is 0 Å². The summed E-state index contributed by atoms with van der Waals surface area (Å²) in [7, 11) is 0. The maximum atomic E-state index is 15.2. The zero-order chi connectivity index (χ0) is 24.1. The van der Waals surface area contributed by atoms with Crippen molar-refractivity contribution in [3.8, 4) is 0 Å². The van der Waals surface area contributed by atoms with Gasteiger partial charge in [-0.2, -0.15) is 0 Å². The van der Waals surface area contributed by atoms with Gasteiger partial charge in [0.15, 0.2) is 5.83 Å². The van der Waals surface area contributed by atoms with E-state index in [4.69, 9.17) is 0 Å². The quantitative estimate of drug-likeness (QED) is 0.327. The first kappa shape index (κ1) is 26.1. The minimum absolute atomic E-state index is 0.134. The largest absolute Gasteiger partial charge is 0.212 e. The molecule has 0 aromatic heterocycles. The van der Waals surface area contributed by atoms with E-state index in [1.54, 1.807) is 0 Å². The third-order valence-corrected chi connectivity index (χ3v) is 9.96. The molecule has 0 aromatic rings. The fraction of sp³-hybridized carbons (Fsp3) is 0.806. The molecule has 0 aliphatic heterocycles. The molecule has 0 saturated heterocycles. The van der Waals surface area contributed by atoms with Gasteiger partial charge >= 0.3 is 0 Å². The van der Waals surface area contributed by atoms with Crippen LogP contribution in [0.4, 0.5) is 13.2 Å². The Bertz CT molecular complexity index is 747. The third kappa shape index (κ3) is 6.22. The van der Waals surface area contributed by atoms with E-state index in [2.05, 4.69) is 19.9 Å². The Hall–Kier alpha value is -0.990. The van der Waals surface area contributed by atoms with Crippen LogP contribution in [-0.2, 0) is 0 Å².